The first-order chi connectivity index (χ1) is 8.75. The van der Waals surface area contributed by atoms with Gasteiger partial charge in [-0.2, -0.15) is 0 Å². The van der Waals surface area contributed by atoms with Gasteiger partial charge in [0.05, 0.1) is 5.69 Å². The van der Waals surface area contributed by atoms with Crippen molar-refractivity contribution in [2.24, 2.45) is 0 Å². The van der Waals surface area contributed by atoms with E-state index in [2.05, 4.69) is 4.98 Å². The van der Waals surface area contributed by atoms with Crippen LogP contribution in [0.2, 0.25) is 0 Å². The van der Waals surface area contributed by atoms with Crippen molar-refractivity contribution in [2.45, 2.75) is 44.1 Å². The highest BCUT2D eigenvalue weighted by Gasteiger charge is 2.28. The first-order valence-electron chi connectivity index (χ1n) is 6.64. The molecule has 0 saturated carbocycles. The highest BCUT2D eigenvalue weighted by molar-refractivity contribution is 5.72. The van der Waals surface area contributed by atoms with Gasteiger partial charge < -0.3 is 14.4 Å². The van der Waals surface area contributed by atoms with Gasteiger partial charge in [-0.05, 0) is 25.7 Å². The van der Waals surface area contributed by atoms with Crippen LogP contribution in [0, 0.1) is 0 Å². The molecule has 1 aromatic rings. The normalized spacial score (nSPS) is 24.8. The second-order valence-electron chi connectivity index (χ2n) is 5.12. The van der Waals surface area contributed by atoms with E-state index in [1.165, 1.54) is 0 Å². The Labute approximate surface area is 106 Å². The molecule has 98 valence electrons. The maximum Gasteiger partial charge on any atom is 0.326 e. The molecule has 1 N–H and O–H groups in total. The van der Waals surface area contributed by atoms with Crippen LogP contribution in [-0.2, 0) is 16.0 Å². The van der Waals surface area contributed by atoms with Gasteiger partial charge in [-0.3, -0.25) is 0 Å². The zero-order valence-electron chi connectivity index (χ0n) is 10.3. The lowest BCUT2D eigenvalue weighted by atomic mass is 9.97. The Bertz CT molecular complexity index is 449. The van der Waals surface area contributed by atoms with Crippen molar-refractivity contribution < 1.29 is 14.6 Å². The maximum absolute atomic E-state index is 11.2. The number of hydrogen-bond acceptors (Lipinski definition) is 3. The summed E-state index contributed by atoms with van der Waals surface area (Å²) in [7, 11) is 0. The number of ether oxygens (including phenoxy) is 1. The van der Waals surface area contributed by atoms with E-state index in [1.54, 1.807) is 0 Å². The Morgan fingerprint density at radius 1 is 1.39 bits per heavy atom. The van der Waals surface area contributed by atoms with E-state index in [-0.39, 0.29) is 0 Å². The zero-order chi connectivity index (χ0) is 12.5. The number of hydrogen-bond donors (Lipinski definition) is 1. The lowest BCUT2D eigenvalue weighted by Gasteiger charge is -2.21. The molecule has 0 bridgehead atoms. The molecule has 2 aliphatic rings. The van der Waals surface area contributed by atoms with Crippen molar-refractivity contribution in [2.75, 3.05) is 13.2 Å². The highest BCUT2D eigenvalue weighted by atomic mass is 16.5. The van der Waals surface area contributed by atoms with Crippen LogP contribution in [0.5, 0.6) is 0 Å². The molecule has 1 fully saturated rings. The maximum atomic E-state index is 11.2. The van der Waals surface area contributed by atoms with Gasteiger partial charge in [0.15, 0.2) is 0 Å². The lowest BCUT2D eigenvalue weighted by molar-refractivity contribution is -0.141. The Balaban J connectivity index is 1.88. The smallest absolute Gasteiger partial charge is 0.326 e. The quantitative estimate of drug-likeness (QED) is 0.868. The van der Waals surface area contributed by atoms with Gasteiger partial charge in [-0.1, -0.05) is 0 Å². The summed E-state index contributed by atoms with van der Waals surface area (Å²) in [6.45, 7) is 1.57. The van der Waals surface area contributed by atoms with Crippen LogP contribution in [0.1, 0.15) is 49.2 Å². The van der Waals surface area contributed by atoms with Crippen LogP contribution < -0.4 is 0 Å². The second-order valence-corrected chi connectivity index (χ2v) is 5.12. The number of rotatable bonds is 2. The minimum atomic E-state index is -0.744. The third-order valence-electron chi connectivity index (χ3n) is 3.97. The number of aromatic nitrogens is 2. The van der Waals surface area contributed by atoms with E-state index in [0.29, 0.717) is 12.3 Å². The number of aliphatic carboxylic acids is 1. The summed E-state index contributed by atoms with van der Waals surface area (Å²) in [6.07, 6.45) is 6.48. The van der Waals surface area contributed by atoms with Gasteiger partial charge in [-0.15, -0.1) is 0 Å². The van der Waals surface area contributed by atoms with Crippen molar-refractivity contribution in [1.82, 2.24) is 9.55 Å². The second kappa shape index (κ2) is 4.72. The number of imidazole rings is 1. The third kappa shape index (κ3) is 2.03. The fraction of sp³-hybridized carbons (Fsp3) is 0.692. The van der Waals surface area contributed by atoms with Crippen LogP contribution in [-0.4, -0.2) is 33.8 Å². The van der Waals surface area contributed by atoms with Crippen molar-refractivity contribution in [3.63, 3.8) is 0 Å². The third-order valence-corrected chi connectivity index (χ3v) is 3.97. The SMILES string of the molecule is O=C(O)C1CCCc2nc(C3CCOCC3)cn21. The molecule has 3 heterocycles. The van der Waals surface area contributed by atoms with Crippen LogP contribution >= 0.6 is 0 Å². The van der Waals surface area contributed by atoms with Gasteiger partial charge in [0.1, 0.15) is 11.9 Å². The summed E-state index contributed by atoms with van der Waals surface area (Å²) < 4.78 is 7.23. The number of nitrogens with zero attached hydrogens (tertiary/aromatic N) is 2. The molecule has 0 spiro atoms. The molecule has 1 saturated heterocycles. The fourth-order valence-electron chi connectivity index (χ4n) is 2.93. The van der Waals surface area contributed by atoms with Gasteiger partial charge in [0.25, 0.3) is 0 Å². The Kier molecular flexibility index (Phi) is 3.07. The van der Waals surface area contributed by atoms with E-state index in [1.807, 2.05) is 10.8 Å². The number of aryl methyl sites for hydroxylation is 1. The molecular formula is C13H18N2O3. The van der Waals surface area contributed by atoms with Crippen LogP contribution in [0.4, 0.5) is 0 Å². The minimum Gasteiger partial charge on any atom is -0.480 e. The number of carboxylic acid groups (broad SMARTS) is 1. The molecule has 0 amide bonds. The number of carbonyl (C=O) groups is 1. The van der Waals surface area contributed by atoms with E-state index in [0.717, 1.165) is 50.4 Å². The average Bonchev–Trinajstić information content (AvgIpc) is 2.83. The number of fused-ring (bicyclic) bond motifs is 1. The van der Waals surface area contributed by atoms with Crippen molar-refractivity contribution >= 4 is 5.97 Å². The molecule has 5 heteroatoms. The van der Waals surface area contributed by atoms with Gasteiger partial charge in [0.2, 0.25) is 0 Å². The monoisotopic (exact) mass is 250 g/mol. The van der Waals surface area contributed by atoms with E-state index >= 15 is 0 Å². The van der Waals surface area contributed by atoms with Gasteiger partial charge in [0, 0.05) is 31.7 Å². The molecule has 0 aliphatic carbocycles. The zero-order valence-corrected chi connectivity index (χ0v) is 10.3. The molecule has 3 rings (SSSR count). The van der Waals surface area contributed by atoms with Crippen LogP contribution in [0.15, 0.2) is 6.20 Å². The molecule has 1 unspecified atom stereocenters. The van der Waals surface area contributed by atoms with Crippen molar-refractivity contribution in [1.29, 1.82) is 0 Å². The summed E-state index contributed by atoms with van der Waals surface area (Å²) in [5.74, 6) is 0.633. The highest BCUT2D eigenvalue weighted by Crippen LogP contribution is 2.31. The largest absolute Gasteiger partial charge is 0.480 e. The fourth-order valence-corrected chi connectivity index (χ4v) is 2.93. The minimum absolute atomic E-state index is 0.421. The molecule has 5 nitrogen and oxygen atoms in total. The first-order valence-corrected chi connectivity index (χ1v) is 6.64. The first kappa shape index (κ1) is 11.7. The van der Waals surface area contributed by atoms with Crippen LogP contribution in [0.25, 0.3) is 0 Å². The van der Waals surface area contributed by atoms with Crippen molar-refractivity contribution in [3.8, 4) is 0 Å². The predicted molar refractivity (Wildman–Crippen MR) is 64.6 cm³/mol. The van der Waals surface area contributed by atoms with Gasteiger partial charge in [-0.25, -0.2) is 9.78 Å². The Morgan fingerprint density at radius 2 is 2.17 bits per heavy atom. The molecule has 2 aliphatic heterocycles. The molecule has 0 aromatic carbocycles. The van der Waals surface area contributed by atoms with Crippen molar-refractivity contribution in [3.05, 3.63) is 17.7 Å². The summed E-state index contributed by atoms with van der Waals surface area (Å²) in [5.41, 5.74) is 1.06. The van der Waals surface area contributed by atoms with E-state index in [9.17, 15) is 9.90 Å². The molecule has 0 radical (unpaired) electrons. The molecule has 18 heavy (non-hydrogen) atoms. The summed E-state index contributed by atoms with van der Waals surface area (Å²) in [6, 6.07) is -0.421. The molecule has 1 aromatic heterocycles. The molecule has 1 atom stereocenters. The Morgan fingerprint density at radius 3 is 2.89 bits per heavy atom. The summed E-state index contributed by atoms with van der Waals surface area (Å²) in [4.78, 5) is 15.9. The standard InChI is InChI=1S/C13H18N2O3/c16-13(17)11-2-1-3-12-14-10(8-15(11)12)9-4-6-18-7-5-9/h8-9,11H,1-7H2,(H,16,17). The predicted octanol–water partition coefficient (Wildman–Crippen LogP) is 1.74. The van der Waals surface area contributed by atoms with E-state index < -0.39 is 12.0 Å². The topological polar surface area (TPSA) is 64.3 Å². The number of carboxylic acids is 1. The van der Waals surface area contributed by atoms with E-state index in [4.69, 9.17) is 4.74 Å². The average molecular weight is 250 g/mol. The molecular weight excluding hydrogens is 232 g/mol. The summed E-state index contributed by atoms with van der Waals surface area (Å²) >= 11 is 0. The summed E-state index contributed by atoms with van der Waals surface area (Å²) in [5, 5.41) is 9.24. The van der Waals surface area contributed by atoms with Crippen LogP contribution in [0.3, 0.4) is 0 Å². The Hall–Kier alpha value is -1.36. The lowest BCUT2D eigenvalue weighted by Crippen LogP contribution is -2.24. The van der Waals surface area contributed by atoms with Gasteiger partial charge >= 0.3 is 5.97 Å².